The van der Waals surface area contributed by atoms with E-state index in [9.17, 15) is 8.42 Å². The normalized spacial score (nSPS) is 11.4. The first-order valence-corrected chi connectivity index (χ1v) is 15.5. The summed E-state index contributed by atoms with van der Waals surface area (Å²) in [4.78, 5) is 5.30. The minimum absolute atomic E-state index is 0.215. The summed E-state index contributed by atoms with van der Waals surface area (Å²) in [7, 11) is 1.27. The van der Waals surface area contributed by atoms with Gasteiger partial charge in [-0.15, -0.1) is 0 Å². The topological polar surface area (TPSA) is 91.7 Å². The van der Waals surface area contributed by atoms with Crippen molar-refractivity contribution < 1.29 is 22.6 Å². The summed E-state index contributed by atoms with van der Waals surface area (Å²) < 4.78 is 46.1. The highest BCUT2D eigenvalue weighted by Gasteiger charge is 2.21. The van der Waals surface area contributed by atoms with Crippen molar-refractivity contribution in [2.75, 3.05) is 33.6 Å². The number of thioether (sulfide) groups is 1. The molecule has 1 N–H and O–H groups in total. The zero-order valence-electron chi connectivity index (χ0n) is 23.2. The molecule has 40 heavy (non-hydrogen) atoms. The quantitative estimate of drug-likeness (QED) is 0.142. The van der Waals surface area contributed by atoms with E-state index in [0.29, 0.717) is 24.5 Å². The van der Waals surface area contributed by atoms with Crippen LogP contribution in [0.1, 0.15) is 19.8 Å². The molecule has 1 aromatic heterocycles. The number of methoxy groups -OCH3 is 3. The smallest absolute Gasteiger partial charge is 0.240 e. The van der Waals surface area contributed by atoms with E-state index in [0.717, 1.165) is 52.1 Å². The molecule has 0 saturated carbocycles. The Balaban J connectivity index is 1.54. The third-order valence-electron chi connectivity index (χ3n) is 6.32. The lowest BCUT2D eigenvalue weighted by Gasteiger charge is -2.13. The molecule has 4 rings (SSSR count). The predicted molar refractivity (Wildman–Crippen MR) is 160 cm³/mol. The molecule has 212 valence electrons. The first kappa shape index (κ1) is 29.5. The van der Waals surface area contributed by atoms with Gasteiger partial charge in [-0.3, -0.25) is 0 Å². The van der Waals surface area contributed by atoms with Gasteiger partial charge in [-0.25, -0.2) is 18.1 Å². The van der Waals surface area contributed by atoms with Gasteiger partial charge in [0.25, 0.3) is 0 Å². The molecular weight excluding hydrogens is 546 g/mol. The number of hydrogen-bond donors (Lipinski definition) is 1. The van der Waals surface area contributed by atoms with Crippen LogP contribution in [0.3, 0.4) is 0 Å². The summed E-state index contributed by atoms with van der Waals surface area (Å²) in [5.41, 5.74) is 3.98. The van der Waals surface area contributed by atoms with Gasteiger partial charge in [0.05, 0.1) is 37.6 Å². The maximum Gasteiger partial charge on any atom is 0.240 e. The maximum absolute atomic E-state index is 12.7. The van der Waals surface area contributed by atoms with E-state index in [2.05, 4.69) is 28.3 Å². The highest BCUT2D eigenvalue weighted by molar-refractivity contribution is 7.99. The number of rotatable bonds is 14. The van der Waals surface area contributed by atoms with Crippen LogP contribution in [0.4, 0.5) is 0 Å². The van der Waals surface area contributed by atoms with Gasteiger partial charge in [0.15, 0.2) is 5.16 Å². The minimum Gasteiger partial charge on any atom is -0.497 e. The second kappa shape index (κ2) is 13.7. The van der Waals surface area contributed by atoms with E-state index in [1.165, 1.54) is 0 Å². The third-order valence-corrected chi connectivity index (χ3v) is 8.86. The van der Waals surface area contributed by atoms with Crippen LogP contribution >= 0.6 is 11.8 Å². The number of ether oxygens (including phenoxy) is 3. The van der Waals surface area contributed by atoms with Crippen molar-refractivity contribution in [3.63, 3.8) is 0 Å². The van der Waals surface area contributed by atoms with Gasteiger partial charge < -0.3 is 18.8 Å². The Morgan fingerprint density at radius 3 is 1.85 bits per heavy atom. The summed E-state index contributed by atoms with van der Waals surface area (Å²) >= 11 is 1.63. The number of nitrogens with zero attached hydrogens (tertiary/aromatic N) is 2. The van der Waals surface area contributed by atoms with Crippen LogP contribution in [0, 0.1) is 0 Å². The molecule has 0 atom stereocenters. The van der Waals surface area contributed by atoms with Crippen LogP contribution in [0.15, 0.2) is 82.8 Å². The molecule has 0 bridgehead atoms. The summed E-state index contributed by atoms with van der Waals surface area (Å²) in [5.74, 6) is 2.90. The first-order chi connectivity index (χ1) is 19.4. The second-order valence-corrected chi connectivity index (χ2v) is 11.8. The highest BCUT2D eigenvalue weighted by atomic mass is 32.2. The lowest BCUT2D eigenvalue weighted by atomic mass is 10.0. The molecule has 10 heteroatoms. The zero-order valence-corrected chi connectivity index (χ0v) is 24.8. The Hall–Kier alpha value is -3.47. The van der Waals surface area contributed by atoms with Gasteiger partial charge in [0, 0.05) is 30.0 Å². The predicted octanol–water partition coefficient (Wildman–Crippen LogP) is 6.11. The Kier molecular flexibility index (Phi) is 10.1. The third kappa shape index (κ3) is 6.99. The van der Waals surface area contributed by atoms with Crippen molar-refractivity contribution in [3.8, 4) is 39.8 Å². The molecule has 3 aromatic carbocycles. The van der Waals surface area contributed by atoms with Crippen molar-refractivity contribution in [3.05, 3.63) is 72.8 Å². The average Bonchev–Trinajstić information content (AvgIpc) is 3.35. The van der Waals surface area contributed by atoms with E-state index in [1.54, 1.807) is 57.4 Å². The second-order valence-electron chi connectivity index (χ2n) is 8.98. The fraction of sp³-hybridized carbons (Fsp3) is 0.300. The molecular formula is C30H35N3O5S2. The van der Waals surface area contributed by atoms with Gasteiger partial charge >= 0.3 is 0 Å². The van der Waals surface area contributed by atoms with E-state index in [4.69, 9.17) is 19.2 Å². The van der Waals surface area contributed by atoms with E-state index >= 15 is 0 Å². The van der Waals surface area contributed by atoms with Crippen LogP contribution in [-0.4, -0.2) is 51.6 Å². The first-order valence-electron chi connectivity index (χ1n) is 13.1. The van der Waals surface area contributed by atoms with Crippen molar-refractivity contribution in [2.45, 2.75) is 36.4 Å². The maximum atomic E-state index is 12.7. The molecule has 0 saturated heterocycles. The number of benzene rings is 3. The lowest BCUT2D eigenvalue weighted by molar-refractivity contribution is 0.414. The molecule has 0 radical (unpaired) electrons. The molecule has 0 aliphatic carbocycles. The standard InChI is InChI=1S/C30H35N3O5S2/c1-5-20-33-29(23-9-13-25(37-3)14-10-23)28(22-7-11-24(36-2)12-8-22)32-30(33)39-21-6-19-31-40(34,35)27-17-15-26(38-4)16-18-27/h7-18,31H,5-6,19-21H2,1-4H3. The monoisotopic (exact) mass is 581 g/mol. The van der Waals surface area contributed by atoms with Crippen LogP contribution in [0.25, 0.3) is 22.5 Å². The van der Waals surface area contributed by atoms with Crippen LogP contribution in [0.5, 0.6) is 17.2 Å². The summed E-state index contributed by atoms with van der Waals surface area (Å²) in [6.07, 6.45) is 1.59. The zero-order chi connectivity index (χ0) is 28.5. The number of sulfonamides is 1. The molecule has 1 heterocycles. The number of nitrogens with one attached hydrogen (secondary N) is 1. The Morgan fingerprint density at radius 2 is 1.32 bits per heavy atom. The molecule has 8 nitrogen and oxygen atoms in total. The average molecular weight is 582 g/mol. The van der Waals surface area contributed by atoms with Gasteiger partial charge in [0.1, 0.15) is 17.2 Å². The fourth-order valence-corrected chi connectivity index (χ4v) is 6.29. The van der Waals surface area contributed by atoms with Gasteiger partial charge in [-0.05, 0) is 85.6 Å². The summed E-state index contributed by atoms with van der Waals surface area (Å²) in [6, 6.07) is 22.3. The Labute approximate surface area is 240 Å². The van der Waals surface area contributed by atoms with Gasteiger partial charge in [-0.2, -0.15) is 0 Å². The van der Waals surface area contributed by atoms with Crippen LogP contribution < -0.4 is 18.9 Å². The Bertz CT molecular complexity index is 1480. The van der Waals surface area contributed by atoms with Gasteiger partial charge in [0.2, 0.25) is 10.0 Å². The highest BCUT2D eigenvalue weighted by Crippen LogP contribution is 2.37. The van der Waals surface area contributed by atoms with Crippen molar-refractivity contribution in [1.82, 2.24) is 14.3 Å². The van der Waals surface area contributed by atoms with Crippen LogP contribution in [-0.2, 0) is 16.6 Å². The molecule has 0 aliphatic heterocycles. The molecule has 0 amide bonds. The largest absolute Gasteiger partial charge is 0.497 e. The van der Waals surface area contributed by atoms with Crippen molar-refractivity contribution >= 4 is 21.8 Å². The summed E-state index contributed by atoms with van der Waals surface area (Å²) in [5, 5.41) is 0.900. The molecule has 0 unspecified atom stereocenters. The van der Waals surface area contributed by atoms with Crippen LogP contribution in [0.2, 0.25) is 0 Å². The molecule has 0 spiro atoms. The number of imidazole rings is 1. The summed E-state index contributed by atoms with van der Waals surface area (Å²) in [6.45, 7) is 3.27. The van der Waals surface area contributed by atoms with Crippen molar-refractivity contribution in [1.29, 1.82) is 0 Å². The molecule has 4 aromatic rings. The lowest BCUT2D eigenvalue weighted by Crippen LogP contribution is -2.25. The molecule has 0 fully saturated rings. The van der Waals surface area contributed by atoms with Gasteiger partial charge in [-0.1, -0.05) is 18.7 Å². The van der Waals surface area contributed by atoms with E-state index < -0.39 is 10.0 Å². The van der Waals surface area contributed by atoms with Crippen molar-refractivity contribution in [2.24, 2.45) is 0 Å². The number of hydrogen-bond acceptors (Lipinski definition) is 7. The Morgan fingerprint density at radius 1 is 0.800 bits per heavy atom. The minimum atomic E-state index is -3.59. The van der Waals surface area contributed by atoms with E-state index in [-0.39, 0.29) is 4.90 Å². The van der Waals surface area contributed by atoms with E-state index in [1.807, 2.05) is 36.4 Å². The fourth-order valence-electron chi connectivity index (χ4n) is 4.25. The SMILES string of the molecule is CCCn1c(SCCCNS(=O)(=O)c2ccc(OC)cc2)nc(-c2ccc(OC)cc2)c1-c1ccc(OC)cc1. The number of aromatic nitrogens is 2. The molecule has 0 aliphatic rings.